The van der Waals surface area contributed by atoms with E-state index in [-0.39, 0.29) is 11.3 Å². The van der Waals surface area contributed by atoms with Crippen LogP contribution in [0.15, 0.2) is 42.5 Å². The summed E-state index contributed by atoms with van der Waals surface area (Å²) in [5.74, 6) is 1.62. The summed E-state index contributed by atoms with van der Waals surface area (Å²) in [6.45, 7) is 11.8. The van der Waals surface area contributed by atoms with Crippen LogP contribution in [0.2, 0.25) is 0 Å². The van der Waals surface area contributed by atoms with E-state index in [2.05, 4.69) is 20.8 Å². The molecule has 1 unspecified atom stereocenters. The minimum Gasteiger partial charge on any atom is -0.493 e. The van der Waals surface area contributed by atoms with Crippen LogP contribution >= 0.6 is 0 Å². The van der Waals surface area contributed by atoms with Crippen molar-refractivity contribution in [1.82, 2.24) is 0 Å². The average molecular weight is 367 g/mol. The van der Waals surface area contributed by atoms with Crippen LogP contribution in [0.1, 0.15) is 38.3 Å². The van der Waals surface area contributed by atoms with Crippen LogP contribution in [0.3, 0.4) is 0 Å². The van der Waals surface area contributed by atoms with Crippen molar-refractivity contribution in [2.24, 2.45) is 5.41 Å². The largest absolute Gasteiger partial charge is 0.493 e. The summed E-state index contributed by atoms with van der Waals surface area (Å²) in [4.78, 5) is 14.6. The molecule has 0 aliphatic carbocycles. The van der Waals surface area contributed by atoms with Gasteiger partial charge in [0.15, 0.2) is 6.10 Å². The second-order valence-corrected chi connectivity index (χ2v) is 8.50. The predicted molar refractivity (Wildman–Crippen MR) is 109 cm³/mol. The van der Waals surface area contributed by atoms with Crippen LogP contribution in [-0.4, -0.2) is 25.2 Å². The molecule has 3 rings (SSSR count). The number of ether oxygens (including phenoxy) is 2. The molecule has 1 heterocycles. The Morgan fingerprint density at radius 1 is 1.07 bits per heavy atom. The number of carbonyl (C=O) groups is 1. The smallest absolute Gasteiger partial charge is 0.268 e. The lowest BCUT2D eigenvalue weighted by Crippen LogP contribution is -2.32. The van der Waals surface area contributed by atoms with E-state index in [1.807, 2.05) is 56.3 Å². The van der Waals surface area contributed by atoms with E-state index in [4.69, 9.17) is 9.47 Å². The van der Waals surface area contributed by atoms with E-state index in [9.17, 15) is 4.79 Å². The predicted octanol–water partition coefficient (Wildman–Crippen LogP) is 4.91. The molecule has 2 aromatic rings. The van der Waals surface area contributed by atoms with Gasteiger partial charge < -0.3 is 14.4 Å². The van der Waals surface area contributed by atoms with Crippen molar-refractivity contribution >= 4 is 11.6 Å². The zero-order valence-corrected chi connectivity index (χ0v) is 16.9. The topological polar surface area (TPSA) is 38.8 Å². The molecule has 0 N–H and O–H groups in total. The minimum absolute atomic E-state index is 0.0123. The van der Waals surface area contributed by atoms with Gasteiger partial charge in [0.25, 0.3) is 5.91 Å². The molecular formula is C23H29NO3. The summed E-state index contributed by atoms with van der Waals surface area (Å²) >= 11 is 0. The Hall–Kier alpha value is -2.49. The summed E-state index contributed by atoms with van der Waals surface area (Å²) in [5, 5.41) is 0. The van der Waals surface area contributed by atoms with E-state index in [0.29, 0.717) is 19.6 Å². The summed E-state index contributed by atoms with van der Waals surface area (Å²) in [6.07, 6.45) is 0.262. The maximum atomic E-state index is 12.8. The molecule has 144 valence electrons. The first-order chi connectivity index (χ1) is 12.7. The fourth-order valence-corrected chi connectivity index (χ4v) is 3.06. The highest BCUT2D eigenvalue weighted by Crippen LogP contribution is 2.30. The highest BCUT2D eigenvalue weighted by Gasteiger charge is 2.34. The van der Waals surface area contributed by atoms with Crippen LogP contribution < -0.4 is 14.4 Å². The van der Waals surface area contributed by atoms with Crippen molar-refractivity contribution in [1.29, 1.82) is 0 Å². The fourth-order valence-electron chi connectivity index (χ4n) is 3.06. The number of amides is 1. The molecule has 1 fully saturated rings. The van der Waals surface area contributed by atoms with Gasteiger partial charge in [0, 0.05) is 18.7 Å². The number of hydrogen-bond donors (Lipinski definition) is 0. The van der Waals surface area contributed by atoms with E-state index < -0.39 is 6.10 Å². The third-order valence-corrected chi connectivity index (χ3v) is 4.59. The molecule has 27 heavy (non-hydrogen) atoms. The SMILES string of the molecule is Cc1ccc(OC2CCN(c3ccc(OCC(C)(C)C)c(C)c3)C2=O)cc1. The van der Waals surface area contributed by atoms with Crippen LogP contribution in [0.25, 0.3) is 0 Å². The second kappa shape index (κ2) is 7.63. The molecule has 0 radical (unpaired) electrons. The molecule has 1 saturated heterocycles. The van der Waals surface area contributed by atoms with Crippen LogP contribution in [0.4, 0.5) is 5.69 Å². The zero-order chi connectivity index (χ0) is 19.6. The van der Waals surface area contributed by atoms with Crippen LogP contribution in [0, 0.1) is 19.3 Å². The van der Waals surface area contributed by atoms with Crippen LogP contribution in [-0.2, 0) is 4.79 Å². The van der Waals surface area contributed by atoms with Crippen LogP contribution in [0.5, 0.6) is 11.5 Å². The third-order valence-electron chi connectivity index (χ3n) is 4.59. The van der Waals surface area contributed by atoms with Crippen molar-refractivity contribution in [3.63, 3.8) is 0 Å². The van der Waals surface area contributed by atoms with E-state index in [0.717, 1.165) is 22.7 Å². The van der Waals surface area contributed by atoms with Crippen molar-refractivity contribution in [3.8, 4) is 11.5 Å². The van der Waals surface area contributed by atoms with Gasteiger partial charge in [-0.05, 0) is 55.2 Å². The van der Waals surface area contributed by atoms with Crippen molar-refractivity contribution < 1.29 is 14.3 Å². The van der Waals surface area contributed by atoms with Gasteiger partial charge in [-0.15, -0.1) is 0 Å². The maximum absolute atomic E-state index is 12.8. The molecule has 0 saturated carbocycles. The first kappa shape index (κ1) is 19.3. The summed E-state index contributed by atoms with van der Waals surface area (Å²) in [5.41, 5.74) is 3.21. The second-order valence-electron chi connectivity index (χ2n) is 8.50. The van der Waals surface area contributed by atoms with Gasteiger partial charge in [0.1, 0.15) is 11.5 Å². The highest BCUT2D eigenvalue weighted by atomic mass is 16.5. The standard InChI is InChI=1S/C23H29NO3/c1-16-6-9-19(10-7-16)27-21-12-13-24(22(21)25)18-8-11-20(17(2)14-18)26-15-23(3,4)5/h6-11,14,21H,12-13,15H2,1-5H3. The minimum atomic E-state index is -0.426. The summed E-state index contributed by atoms with van der Waals surface area (Å²) in [7, 11) is 0. The van der Waals surface area contributed by atoms with Gasteiger partial charge in [-0.3, -0.25) is 4.79 Å². The molecule has 1 atom stereocenters. The van der Waals surface area contributed by atoms with Crippen molar-refractivity contribution in [2.45, 2.75) is 47.1 Å². The first-order valence-corrected chi connectivity index (χ1v) is 9.51. The lowest BCUT2D eigenvalue weighted by Gasteiger charge is -2.22. The number of nitrogens with zero attached hydrogens (tertiary/aromatic N) is 1. The fraction of sp³-hybridized carbons (Fsp3) is 0.435. The Balaban J connectivity index is 1.67. The molecule has 4 nitrogen and oxygen atoms in total. The van der Waals surface area contributed by atoms with Gasteiger partial charge in [-0.25, -0.2) is 0 Å². The number of aryl methyl sites for hydroxylation is 2. The molecule has 2 aromatic carbocycles. The quantitative estimate of drug-likeness (QED) is 0.753. The average Bonchev–Trinajstić information content (AvgIpc) is 2.96. The molecule has 1 aliphatic heterocycles. The Labute approximate surface area is 162 Å². The monoisotopic (exact) mass is 367 g/mol. The third kappa shape index (κ3) is 4.82. The van der Waals surface area contributed by atoms with Gasteiger partial charge >= 0.3 is 0 Å². The summed E-state index contributed by atoms with van der Waals surface area (Å²) in [6, 6.07) is 13.7. The first-order valence-electron chi connectivity index (χ1n) is 9.51. The van der Waals surface area contributed by atoms with E-state index in [1.165, 1.54) is 5.56 Å². The Bertz CT molecular complexity index is 805. The Kier molecular flexibility index (Phi) is 5.45. The molecule has 1 aliphatic rings. The maximum Gasteiger partial charge on any atom is 0.268 e. The van der Waals surface area contributed by atoms with Gasteiger partial charge in [-0.1, -0.05) is 38.5 Å². The molecule has 0 bridgehead atoms. The lowest BCUT2D eigenvalue weighted by atomic mass is 9.98. The molecule has 1 amide bonds. The molecule has 0 spiro atoms. The highest BCUT2D eigenvalue weighted by molar-refractivity contribution is 5.99. The zero-order valence-electron chi connectivity index (χ0n) is 16.9. The van der Waals surface area contributed by atoms with Crippen molar-refractivity contribution in [3.05, 3.63) is 53.6 Å². The number of anilines is 1. The summed E-state index contributed by atoms with van der Waals surface area (Å²) < 4.78 is 11.8. The van der Waals surface area contributed by atoms with E-state index >= 15 is 0 Å². The lowest BCUT2D eigenvalue weighted by molar-refractivity contribution is -0.122. The number of hydrogen-bond acceptors (Lipinski definition) is 3. The number of carbonyl (C=O) groups excluding carboxylic acids is 1. The number of benzene rings is 2. The molecule has 0 aromatic heterocycles. The van der Waals surface area contributed by atoms with Crippen molar-refractivity contribution in [2.75, 3.05) is 18.1 Å². The molecule has 4 heteroatoms. The Morgan fingerprint density at radius 2 is 1.78 bits per heavy atom. The van der Waals surface area contributed by atoms with E-state index in [1.54, 1.807) is 4.90 Å². The number of rotatable bonds is 5. The van der Waals surface area contributed by atoms with Gasteiger partial charge in [-0.2, -0.15) is 0 Å². The van der Waals surface area contributed by atoms with Gasteiger partial charge in [0.05, 0.1) is 6.61 Å². The van der Waals surface area contributed by atoms with Gasteiger partial charge in [0.2, 0.25) is 0 Å². The molecular weight excluding hydrogens is 338 g/mol. The Morgan fingerprint density at radius 3 is 2.41 bits per heavy atom. The normalized spacial score (nSPS) is 17.3.